The minimum Gasteiger partial charge on any atom is -0.490 e. The van der Waals surface area contributed by atoms with Crippen molar-refractivity contribution in [2.24, 2.45) is 10.7 Å². The zero-order valence-electron chi connectivity index (χ0n) is 15.5. The topological polar surface area (TPSA) is 86.7 Å². The van der Waals surface area contributed by atoms with Crippen LogP contribution in [0.4, 0.5) is 5.95 Å². The van der Waals surface area contributed by atoms with Crippen molar-refractivity contribution in [3.05, 3.63) is 48.0 Å². The number of ether oxygens (including phenoxy) is 2. The fraction of sp³-hybridized carbons (Fsp3) is 0.300. The molecule has 3 N–H and O–H groups in total. The van der Waals surface area contributed by atoms with Crippen LogP contribution in [0, 0.1) is 0 Å². The first-order valence-electron chi connectivity index (χ1n) is 9.18. The molecule has 0 radical (unpaired) electrons. The predicted molar refractivity (Wildman–Crippen MR) is 107 cm³/mol. The van der Waals surface area contributed by atoms with E-state index in [9.17, 15) is 0 Å². The largest absolute Gasteiger partial charge is 0.490 e. The third kappa shape index (κ3) is 3.05. The molecule has 1 aliphatic rings. The minimum atomic E-state index is -0.388. The predicted octanol–water partition coefficient (Wildman–Crippen LogP) is 3.51. The van der Waals surface area contributed by atoms with Gasteiger partial charge in [0.15, 0.2) is 23.6 Å². The van der Waals surface area contributed by atoms with E-state index in [1.54, 1.807) is 0 Å². The molecule has 3 aromatic rings. The van der Waals surface area contributed by atoms with Crippen molar-refractivity contribution < 1.29 is 9.47 Å². The summed E-state index contributed by atoms with van der Waals surface area (Å²) in [6.07, 6.45) is 0.512. The molecule has 140 valence electrons. The van der Waals surface area contributed by atoms with Crippen molar-refractivity contribution in [2.45, 2.75) is 26.4 Å². The van der Waals surface area contributed by atoms with Gasteiger partial charge in [0.25, 0.3) is 0 Å². The molecule has 1 aliphatic heterocycles. The van der Waals surface area contributed by atoms with Gasteiger partial charge >= 0.3 is 0 Å². The first kappa shape index (κ1) is 17.2. The molecular weight excluding hydrogens is 342 g/mol. The molecule has 4 rings (SSSR count). The normalized spacial score (nSPS) is 15.8. The first-order valence-corrected chi connectivity index (χ1v) is 9.18. The molecule has 7 nitrogen and oxygen atoms in total. The number of rotatable bonds is 6. The fourth-order valence-corrected chi connectivity index (χ4v) is 3.29. The summed E-state index contributed by atoms with van der Waals surface area (Å²) >= 11 is 0. The molecule has 0 amide bonds. The quantitative estimate of drug-likeness (QED) is 0.698. The Morgan fingerprint density at radius 1 is 1.11 bits per heavy atom. The zero-order chi connectivity index (χ0) is 18.8. The second-order valence-electron chi connectivity index (χ2n) is 6.26. The lowest BCUT2D eigenvalue weighted by Gasteiger charge is -2.26. The van der Waals surface area contributed by atoms with Crippen molar-refractivity contribution in [3.63, 3.8) is 0 Å². The van der Waals surface area contributed by atoms with Gasteiger partial charge in [-0.3, -0.25) is 9.88 Å². The van der Waals surface area contributed by atoms with E-state index in [1.165, 1.54) is 0 Å². The molecule has 27 heavy (non-hydrogen) atoms. The number of hydrogen-bond acceptors (Lipinski definition) is 6. The Morgan fingerprint density at radius 2 is 1.96 bits per heavy atom. The molecule has 1 aromatic heterocycles. The number of aliphatic imine (C=N–C) groups is 1. The molecule has 2 heterocycles. The Balaban J connectivity index is 1.90. The highest BCUT2D eigenvalue weighted by Crippen LogP contribution is 2.40. The van der Waals surface area contributed by atoms with Gasteiger partial charge in [0.2, 0.25) is 5.95 Å². The number of nitrogens with one attached hydrogen (secondary N) is 1. The molecule has 0 spiro atoms. The lowest BCUT2D eigenvalue weighted by atomic mass is 10.1. The van der Waals surface area contributed by atoms with Crippen LogP contribution in [0.15, 0.2) is 47.5 Å². The highest BCUT2D eigenvalue weighted by Gasteiger charge is 2.28. The van der Waals surface area contributed by atoms with Gasteiger partial charge in [-0.2, -0.15) is 0 Å². The Labute approximate surface area is 157 Å². The number of imidazole rings is 1. The number of aromatic nitrogens is 2. The smallest absolute Gasteiger partial charge is 0.212 e. The van der Waals surface area contributed by atoms with Crippen LogP contribution in [0.2, 0.25) is 0 Å². The lowest BCUT2D eigenvalue weighted by molar-refractivity contribution is 0.272. The summed E-state index contributed by atoms with van der Waals surface area (Å²) in [6, 6.07) is 13.8. The second-order valence-corrected chi connectivity index (χ2v) is 6.26. The molecule has 0 saturated carbocycles. The van der Waals surface area contributed by atoms with Gasteiger partial charge in [-0.15, -0.1) is 0 Å². The molecule has 1 atom stereocenters. The highest BCUT2D eigenvalue weighted by molar-refractivity contribution is 5.94. The molecular formula is C20H23N5O2. The van der Waals surface area contributed by atoms with Crippen LogP contribution in [0.25, 0.3) is 11.0 Å². The maximum absolute atomic E-state index is 6.07. The van der Waals surface area contributed by atoms with Crippen molar-refractivity contribution in [1.82, 2.24) is 9.55 Å². The summed E-state index contributed by atoms with van der Waals surface area (Å²) in [5.41, 5.74) is 8.81. The van der Waals surface area contributed by atoms with E-state index >= 15 is 0 Å². The highest BCUT2D eigenvalue weighted by atomic mass is 16.5. The zero-order valence-corrected chi connectivity index (χ0v) is 15.5. The average Bonchev–Trinajstić information content (AvgIpc) is 3.04. The number of para-hydroxylation sites is 3. The van der Waals surface area contributed by atoms with E-state index < -0.39 is 0 Å². The SMILES string of the molecule is CCCOc1c(OCC)cccc1[C@H]1N=C(N)Nc2nc3ccccc3n21. The van der Waals surface area contributed by atoms with E-state index in [0.29, 0.717) is 36.6 Å². The number of benzene rings is 2. The van der Waals surface area contributed by atoms with Crippen molar-refractivity contribution >= 4 is 22.9 Å². The van der Waals surface area contributed by atoms with E-state index in [2.05, 4.69) is 22.2 Å². The fourth-order valence-electron chi connectivity index (χ4n) is 3.29. The number of guanidine groups is 1. The van der Waals surface area contributed by atoms with Crippen LogP contribution < -0.4 is 20.5 Å². The van der Waals surface area contributed by atoms with Gasteiger partial charge in [0, 0.05) is 5.56 Å². The molecule has 7 heteroatoms. The number of anilines is 1. The maximum atomic E-state index is 6.07. The molecule has 2 aromatic carbocycles. The molecule has 0 unspecified atom stereocenters. The third-order valence-corrected chi connectivity index (χ3v) is 4.38. The number of nitrogens with zero attached hydrogens (tertiary/aromatic N) is 3. The Bertz CT molecular complexity index is 995. The summed E-state index contributed by atoms with van der Waals surface area (Å²) in [7, 11) is 0. The summed E-state index contributed by atoms with van der Waals surface area (Å²) in [4.78, 5) is 9.31. The standard InChI is InChI=1S/C20H23N5O2/c1-3-12-27-17-13(8-7-11-16(17)26-4-2)18-23-19(21)24-20-22-14-9-5-6-10-15(14)25(18)20/h5-11,18H,3-4,12H2,1-2H3,(H3,21,22,23,24)/t18-/m0/s1. The van der Waals surface area contributed by atoms with Gasteiger partial charge < -0.3 is 15.2 Å². The Morgan fingerprint density at radius 3 is 2.78 bits per heavy atom. The summed E-state index contributed by atoms with van der Waals surface area (Å²) in [5, 5.41) is 3.06. The van der Waals surface area contributed by atoms with Crippen LogP contribution in [-0.4, -0.2) is 28.7 Å². The third-order valence-electron chi connectivity index (χ3n) is 4.38. The van der Waals surface area contributed by atoms with Crippen LogP contribution in [0.3, 0.4) is 0 Å². The minimum absolute atomic E-state index is 0.325. The van der Waals surface area contributed by atoms with Gasteiger partial charge in [-0.25, -0.2) is 9.98 Å². The van der Waals surface area contributed by atoms with Gasteiger partial charge in [-0.1, -0.05) is 31.2 Å². The van der Waals surface area contributed by atoms with Crippen molar-refractivity contribution in [3.8, 4) is 11.5 Å². The molecule has 0 saturated heterocycles. The van der Waals surface area contributed by atoms with E-state index in [4.69, 9.17) is 15.2 Å². The number of fused-ring (bicyclic) bond motifs is 3. The van der Waals surface area contributed by atoms with Crippen molar-refractivity contribution in [2.75, 3.05) is 18.5 Å². The maximum Gasteiger partial charge on any atom is 0.212 e. The monoisotopic (exact) mass is 365 g/mol. The van der Waals surface area contributed by atoms with Gasteiger partial charge in [0.1, 0.15) is 0 Å². The van der Waals surface area contributed by atoms with Gasteiger partial charge in [0.05, 0.1) is 24.2 Å². The summed E-state index contributed by atoms with van der Waals surface area (Å²) < 4.78 is 13.9. The van der Waals surface area contributed by atoms with Crippen LogP contribution in [-0.2, 0) is 0 Å². The van der Waals surface area contributed by atoms with Crippen LogP contribution in [0.5, 0.6) is 11.5 Å². The molecule has 0 fully saturated rings. The summed E-state index contributed by atoms with van der Waals surface area (Å²) in [6.45, 7) is 5.19. The van der Waals surface area contributed by atoms with E-state index in [0.717, 1.165) is 23.0 Å². The molecule has 0 aliphatic carbocycles. The Hall–Kier alpha value is -3.22. The van der Waals surface area contributed by atoms with Crippen LogP contribution in [0.1, 0.15) is 32.0 Å². The van der Waals surface area contributed by atoms with Crippen LogP contribution >= 0.6 is 0 Å². The van der Waals surface area contributed by atoms with Crippen molar-refractivity contribution in [1.29, 1.82) is 0 Å². The second kappa shape index (κ2) is 7.19. The number of nitrogens with two attached hydrogens (primary N) is 1. The molecule has 0 bridgehead atoms. The van der Waals surface area contributed by atoms with E-state index in [1.807, 2.05) is 54.0 Å². The number of hydrogen-bond donors (Lipinski definition) is 2. The average molecular weight is 365 g/mol. The Kier molecular flexibility index (Phi) is 4.58. The van der Waals surface area contributed by atoms with E-state index in [-0.39, 0.29) is 6.17 Å². The summed E-state index contributed by atoms with van der Waals surface area (Å²) in [5.74, 6) is 2.40. The first-order chi connectivity index (χ1) is 13.2. The lowest BCUT2D eigenvalue weighted by Crippen LogP contribution is -2.31. The van der Waals surface area contributed by atoms with Gasteiger partial charge in [-0.05, 0) is 31.5 Å².